The van der Waals surface area contributed by atoms with Crippen LogP contribution in [0.4, 0.5) is 5.82 Å². The van der Waals surface area contributed by atoms with Crippen LogP contribution >= 0.6 is 11.8 Å². The van der Waals surface area contributed by atoms with Crippen LogP contribution in [0.1, 0.15) is 19.3 Å². The zero-order chi connectivity index (χ0) is 12.5. The van der Waals surface area contributed by atoms with Gasteiger partial charge in [0.05, 0.1) is 0 Å². The summed E-state index contributed by atoms with van der Waals surface area (Å²) in [5, 5.41) is 14.5. The lowest BCUT2D eigenvalue weighted by Crippen LogP contribution is -2.27. The molecule has 1 aliphatic carbocycles. The molecule has 18 heavy (non-hydrogen) atoms. The van der Waals surface area contributed by atoms with Crippen LogP contribution < -0.4 is 11.0 Å². The van der Waals surface area contributed by atoms with Crippen molar-refractivity contribution >= 4 is 23.2 Å². The molecule has 7 heteroatoms. The van der Waals surface area contributed by atoms with Crippen LogP contribution in [0, 0.1) is 0 Å². The Labute approximate surface area is 108 Å². The van der Waals surface area contributed by atoms with E-state index in [0.717, 1.165) is 12.2 Å². The second-order valence-corrected chi connectivity index (χ2v) is 5.55. The molecule has 0 spiro atoms. The van der Waals surface area contributed by atoms with Crippen LogP contribution in [-0.2, 0) is 0 Å². The molecule has 0 radical (unpaired) electrons. The Morgan fingerprint density at radius 1 is 1.50 bits per heavy atom. The van der Waals surface area contributed by atoms with Gasteiger partial charge in [-0.15, -0.1) is 5.10 Å². The standard InChI is InChI=1S/C11H15N5OS/c1-18-8-4-2-3-7(8)12-9-5-6-10-13-14-11(17)16(10)15-9/h5-8H,2-4H2,1H3,(H,12,15)(H,14,17). The number of hydrogen-bond donors (Lipinski definition) is 2. The molecule has 1 aliphatic rings. The van der Waals surface area contributed by atoms with Crippen molar-refractivity contribution in [3.05, 3.63) is 22.6 Å². The number of rotatable bonds is 3. The first-order valence-corrected chi connectivity index (χ1v) is 7.30. The Morgan fingerprint density at radius 2 is 2.39 bits per heavy atom. The summed E-state index contributed by atoms with van der Waals surface area (Å²) in [7, 11) is 0. The van der Waals surface area contributed by atoms with E-state index in [0.29, 0.717) is 16.9 Å². The van der Waals surface area contributed by atoms with Crippen molar-refractivity contribution in [2.45, 2.75) is 30.6 Å². The highest BCUT2D eigenvalue weighted by Crippen LogP contribution is 2.30. The van der Waals surface area contributed by atoms with Gasteiger partial charge < -0.3 is 5.32 Å². The lowest BCUT2D eigenvalue weighted by Gasteiger charge is -2.19. The summed E-state index contributed by atoms with van der Waals surface area (Å²) in [5.41, 5.74) is 0.236. The number of nitrogens with zero attached hydrogens (tertiary/aromatic N) is 3. The molecule has 2 N–H and O–H groups in total. The number of nitrogens with one attached hydrogen (secondary N) is 2. The third-order valence-corrected chi connectivity index (χ3v) is 4.53. The highest BCUT2D eigenvalue weighted by Gasteiger charge is 2.26. The predicted molar refractivity (Wildman–Crippen MR) is 72.2 cm³/mol. The van der Waals surface area contributed by atoms with Gasteiger partial charge in [-0.2, -0.15) is 21.4 Å². The van der Waals surface area contributed by atoms with E-state index in [1.807, 2.05) is 17.8 Å². The van der Waals surface area contributed by atoms with Crippen LogP contribution in [-0.4, -0.2) is 37.4 Å². The van der Waals surface area contributed by atoms with E-state index in [1.165, 1.54) is 17.4 Å². The van der Waals surface area contributed by atoms with Crippen molar-refractivity contribution in [3.8, 4) is 0 Å². The van der Waals surface area contributed by atoms with Crippen molar-refractivity contribution in [2.75, 3.05) is 11.6 Å². The molecule has 6 nitrogen and oxygen atoms in total. The molecule has 0 aromatic carbocycles. The van der Waals surface area contributed by atoms with Crippen molar-refractivity contribution in [1.82, 2.24) is 19.8 Å². The van der Waals surface area contributed by atoms with E-state index in [1.54, 1.807) is 6.07 Å². The van der Waals surface area contributed by atoms with Crippen molar-refractivity contribution < 1.29 is 0 Å². The van der Waals surface area contributed by atoms with Crippen LogP contribution in [0.2, 0.25) is 0 Å². The third kappa shape index (κ3) is 1.98. The minimum atomic E-state index is -0.304. The number of anilines is 1. The van der Waals surface area contributed by atoms with Gasteiger partial charge in [0, 0.05) is 11.3 Å². The molecule has 2 unspecified atom stereocenters. The maximum absolute atomic E-state index is 11.4. The molecular weight excluding hydrogens is 250 g/mol. The molecule has 2 heterocycles. The maximum Gasteiger partial charge on any atom is 0.364 e. The van der Waals surface area contributed by atoms with Crippen LogP contribution in [0.3, 0.4) is 0 Å². The number of thioether (sulfide) groups is 1. The molecule has 2 atom stereocenters. The van der Waals surface area contributed by atoms with Gasteiger partial charge in [-0.1, -0.05) is 6.42 Å². The Hall–Kier alpha value is -1.50. The van der Waals surface area contributed by atoms with Gasteiger partial charge in [0.25, 0.3) is 0 Å². The fraction of sp³-hybridized carbons (Fsp3) is 0.545. The molecule has 3 rings (SSSR count). The van der Waals surface area contributed by atoms with Gasteiger partial charge in [0.15, 0.2) is 5.65 Å². The first-order chi connectivity index (χ1) is 8.78. The van der Waals surface area contributed by atoms with E-state index in [9.17, 15) is 4.79 Å². The van der Waals surface area contributed by atoms with Gasteiger partial charge >= 0.3 is 5.69 Å². The van der Waals surface area contributed by atoms with Gasteiger partial charge in [-0.3, -0.25) is 0 Å². The summed E-state index contributed by atoms with van der Waals surface area (Å²) in [4.78, 5) is 11.4. The topological polar surface area (TPSA) is 75.1 Å². The lowest BCUT2D eigenvalue weighted by molar-refractivity contribution is 0.752. The first kappa shape index (κ1) is 11.6. The summed E-state index contributed by atoms with van der Waals surface area (Å²) < 4.78 is 1.28. The van der Waals surface area contributed by atoms with Gasteiger partial charge in [0.1, 0.15) is 5.82 Å². The minimum Gasteiger partial charge on any atom is -0.365 e. The smallest absolute Gasteiger partial charge is 0.364 e. The average Bonchev–Trinajstić information content (AvgIpc) is 2.97. The molecule has 96 valence electrons. The fourth-order valence-electron chi connectivity index (χ4n) is 2.44. The van der Waals surface area contributed by atoms with E-state index in [4.69, 9.17) is 0 Å². The second-order valence-electron chi connectivity index (χ2n) is 4.47. The van der Waals surface area contributed by atoms with Crippen LogP contribution in [0.15, 0.2) is 16.9 Å². The van der Waals surface area contributed by atoms with Crippen LogP contribution in [0.5, 0.6) is 0 Å². The Morgan fingerprint density at radius 3 is 3.22 bits per heavy atom. The molecule has 1 fully saturated rings. The van der Waals surface area contributed by atoms with Gasteiger partial charge in [-0.25, -0.2) is 9.89 Å². The van der Waals surface area contributed by atoms with E-state index >= 15 is 0 Å². The Bertz CT molecular complexity index is 607. The SMILES string of the molecule is CSC1CCCC1Nc1ccc2n[nH]c(=O)n2n1. The number of aromatic amines is 1. The highest BCUT2D eigenvalue weighted by atomic mass is 32.2. The zero-order valence-corrected chi connectivity index (χ0v) is 10.9. The first-order valence-electron chi connectivity index (χ1n) is 6.02. The minimum absolute atomic E-state index is 0.304. The zero-order valence-electron chi connectivity index (χ0n) is 10.1. The molecule has 0 amide bonds. The number of H-pyrrole nitrogens is 1. The molecule has 0 saturated heterocycles. The molecule has 0 aliphatic heterocycles. The van der Waals surface area contributed by atoms with Crippen molar-refractivity contribution in [2.24, 2.45) is 0 Å². The Balaban J connectivity index is 1.86. The van der Waals surface area contributed by atoms with Gasteiger partial charge in [-0.05, 0) is 31.2 Å². The van der Waals surface area contributed by atoms with Crippen LogP contribution in [0.25, 0.3) is 5.65 Å². The molecular formula is C11H15N5OS. The predicted octanol–water partition coefficient (Wildman–Crippen LogP) is 1.11. The van der Waals surface area contributed by atoms with Crippen molar-refractivity contribution in [1.29, 1.82) is 0 Å². The lowest BCUT2D eigenvalue weighted by atomic mass is 10.2. The summed E-state index contributed by atoms with van der Waals surface area (Å²) >= 11 is 1.89. The molecule has 1 saturated carbocycles. The number of fused-ring (bicyclic) bond motifs is 1. The summed E-state index contributed by atoms with van der Waals surface area (Å²) in [6.45, 7) is 0. The van der Waals surface area contributed by atoms with Gasteiger partial charge in [0.2, 0.25) is 0 Å². The monoisotopic (exact) mass is 265 g/mol. The van der Waals surface area contributed by atoms with E-state index in [-0.39, 0.29) is 5.69 Å². The van der Waals surface area contributed by atoms with E-state index < -0.39 is 0 Å². The maximum atomic E-state index is 11.4. The summed E-state index contributed by atoms with van der Waals surface area (Å²) in [6.07, 6.45) is 5.79. The normalized spacial score (nSPS) is 23.6. The Kier molecular flexibility index (Phi) is 2.99. The molecule has 2 aromatic heterocycles. The largest absolute Gasteiger partial charge is 0.365 e. The second kappa shape index (κ2) is 4.64. The fourth-order valence-corrected chi connectivity index (χ4v) is 3.38. The number of aromatic nitrogens is 4. The van der Waals surface area contributed by atoms with Crippen molar-refractivity contribution in [3.63, 3.8) is 0 Å². The summed E-state index contributed by atoms with van der Waals surface area (Å²) in [5.74, 6) is 0.733. The third-order valence-electron chi connectivity index (χ3n) is 3.36. The number of hydrogen-bond acceptors (Lipinski definition) is 5. The molecule has 0 bridgehead atoms. The van der Waals surface area contributed by atoms with E-state index in [2.05, 4.69) is 26.9 Å². The molecule has 2 aromatic rings. The summed E-state index contributed by atoms with van der Waals surface area (Å²) in [6, 6.07) is 4.09. The average molecular weight is 265 g/mol. The quantitative estimate of drug-likeness (QED) is 0.869. The highest BCUT2D eigenvalue weighted by molar-refractivity contribution is 7.99.